The van der Waals surface area contributed by atoms with Crippen molar-refractivity contribution in [3.8, 4) is 17.0 Å². The van der Waals surface area contributed by atoms with Crippen molar-refractivity contribution in [2.24, 2.45) is 5.73 Å². The average Bonchev–Trinajstić information content (AvgIpc) is 3.15. The minimum atomic E-state index is -1.18. The Morgan fingerprint density at radius 3 is 2.29 bits per heavy atom. The lowest BCUT2D eigenvalue weighted by Gasteiger charge is -2.10. The van der Waals surface area contributed by atoms with E-state index in [9.17, 15) is 14.4 Å². The lowest BCUT2D eigenvalue weighted by Crippen LogP contribution is -2.24. The number of hydrogen-bond acceptors (Lipinski definition) is 5. The molecule has 0 bridgehead atoms. The molecule has 1 amide bonds. The zero-order valence-electron chi connectivity index (χ0n) is 19.4. The van der Waals surface area contributed by atoms with Gasteiger partial charge in [-0.1, -0.05) is 61.5 Å². The standard InChI is InChI=1S/C27H25N3O5/c1-3-20-21(13-17-9-11-19(12-10-17)18-7-5-4-6-8-18)30-14-16(2)29-27(35-15-22(31)32)24(30)23(20)25(33)26(28)34/h4-12,14H,3,13,15H2,1-2H3,(H2,28,34)(H,31,32). The molecule has 0 radical (unpaired) electrons. The number of amides is 1. The van der Waals surface area contributed by atoms with Crippen LogP contribution in [0.4, 0.5) is 0 Å². The summed E-state index contributed by atoms with van der Waals surface area (Å²) in [5.74, 6) is -3.18. The number of ether oxygens (including phenoxy) is 1. The molecule has 0 aliphatic rings. The highest BCUT2D eigenvalue weighted by atomic mass is 16.5. The van der Waals surface area contributed by atoms with Crippen LogP contribution in [-0.2, 0) is 22.4 Å². The maximum Gasteiger partial charge on any atom is 0.341 e. The Kier molecular flexibility index (Phi) is 6.64. The first-order chi connectivity index (χ1) is 16.8. The van der Waals surface area contributed by atoms with E-state index in [1.807, 2.05) is 61.5 Å². The van der Waals surface area contributed by atoms with Crippen molar-refractivity contribution in [1.82, 2.24) is 9.38 Å². The SMILES string of the molecule is CCc1c(C(=O)C(N)=O)c2c(OCC(=O)O)nc(C)cn2c1Cc1ccc(-c2ccccc2)cc1. The third-order valence-corrected chi connectivity index (χ3v) is 5.78. The monoisotopic (exact) mass is 471 g/mol. The van der Waals surface area contributed by atoms with Crippen LogP contribution in [-0.4, -0.2) is 38.8 Å². The second-order valence-electron chi connectivity index (χ2n) is 8.18. The predicted octanol–water partition coefficient (Wildman–Crippen LogP) is 3.59. The van der Waals surface area contributed by atoms with Gasteiger partial charge >= 0.3 is 5.97 Å². The second-order valence-corrected chi connectivity index (χ2v) is 8.18. The van der Waals surface area contributed by atoms with Crippen molar-refractivity contribution in [2.45, 2.75) is 26.7 Å². The number of rotatable bonds is 9. The summed E-state index contributed by atoms with van der Waals surface area (Å²) in [4.78, 5) is 40.2. The number of ketones is 1. The highest BCUT2D eigenvalue weighted by Crippen LogP contribution is 2.33. The van der Waals surface area contributed by atoms with Crippen LogP contribution in [0.5, 0.6) is 5.88 Å². The number of nitrogens with zero attached hydrogens (tertiary/aromatic N) is 2. The fourth-order valence-electron chi connectivity index (χ4n) is 4.28. The molecule has 0 aliphatic carbocycles. The maximum absolute atomic E-state index is 12.9. The quantitative estimate of drug-likeness (QED) is 0.284. The van der Waals surface area contributed by atoms with E-state index in [4.69, 9.17) is 15.6 Å². The van der Waals surface area contributed by atoms with Crippen LogP contribution in [0.25, 0.3) is 16.6 Å². The van der Waals surface area contributed by atoms with Gasteiger partial charge in [0, 0.05) is 18.3 Å². The Labute approximate surface area is 202 Å². The van der Waals surface area contributed by atoms with Crippen molar-refractivity contribution in [3.05, 3.63) is 88.9 Å². The minimum absolute atomic E-state index is 0.0302. The molecule has 0 atom stereocenters. The van der Waals surface area contributed by atoms with Gasteiger partial charge in [0.25, 0.3) is 11.7 Å². The maximum atomic E-state index is 12.9. The molecule has 0 saturated heterocycles. The highest BCUT2D eigenvalue weighted by molar-refractivity contribution is 6.44. The molecular weight excluding hydrogens is 446 g/mol. The first kappa shape index (κ1) is 23.7. The lowest BCUT2D eigenvalue weighted by molar-refractivity contribution is -0.139. The number of carboxylic acid groups (broad SMARTS) is 1. The number of hydrogen-bond donors (Lipinski definition) is 2. The number of benzene rings is 2. The molecule has 2 aromatic heterocycles. The van der Waals surface area contributed by atoms with Crippen LogP contribution in [0.1, 0.15) is 39.8 Å². The number of fused-ring (bicyclic) bond motifs is 1. The molecule has 4 aromatic rings. The molecule has 0 saturated carbocycles. The summed E-state index contributed by atoms with van der Waals surface area (Å²) >= 11 is 0. The van der Waals surface area contributed by atoms with Crippen LogP contribution < -0.4 is 10.5 Å². The fourth-order valence-corrected chi connectivity index (χ4v) is 4.28. The fraction of sp³-hybridized carbons (Fsp3) is 0.185. The van der Waals surface area contributed by atoms with E-state index in [-0.39, 0.29) is 17.0 Å². The average molecular weight is 472 g/mol. The molecule has 2 heterocycles. The topological polar surface area (TPSA) is 124 Å². The lowest BCUT2D eigenvalue weighted by atomic mass is 9.98. The summed E-state index contributed by atoms with van der Waals surface area (Å²) in [5.41, 5.74) is 10.9. The minimum Gasteiger partial charge on any atom is -0.479 e. The Morgan fingerprint density at radius 2 is 1.69 bits per heavy atom. The van der Waals surface area contributed by atoms with E-state index >= 15 is 0 Å². The van der Waals surface area contributed by atoms with Gasteiger partial charge in [0.2, 0.25) is 5.88 Å². The van der Waals surface area contributed by atoms with E-state index < -0.39 is 24.3 Å². The third kappa shape index (κ3) is 4.77. The van der Waals surface area contributed by atoms with Gasteiger partial charge in [-0.05, 0) is 35.6 Å². The van der Waals surface area contributed by atoms with Gasteiger partial charge in [-0.3, -0.25) is 9.59 Å². The largest absolute Gasteiger partial charge is 0.479 e. The second kappa shape index (κ2) is 9.80. The van der Waals surface area contributed by atoms with Gasteiger partial charge in [-0.2, -0.15) is 0 Å². The molecule has 35 heavy (non-hydrogen) atoms. The van der Waals surface area contributed by atoms with E-state index in [1.165, 1.54) is 0 Å². The highest BCUT2D eigenvalue weighted by Gasteiger charge is 2.29. The van der Waals surface area contributed by atoms with Crippen LogP contribution in [0.15, 0.2) is 60.8 Å². The number of carboxylic acids is 1. The van der Waals surface area contributed by atoms with Gasteiger partial charge in [0.05, 0.1) is 11.3 Å². The number of primary amides is 1. The molecule has 0 spiro atoms. The van der Waals surface area contributed by atoms with E-state index in [0.717, 1.165) is 22.4 Å². The van der Waals surface area contributed by atoms with E-state index in [0.29, 0.717) is 24.1 Å². The first-order valence-electron chi connectivity index (χ1n) is 11.2. The third-order valence-electron chi connectivity index (χ3n) is 5.78. The smallest absolute Gasteiger partial charge is 0.341 e. The summed E-state index contributed by atoms with van der Waals surface area (Å²) in [6.45, 7) is 2.98. The van der Waals surface area contributed by atoms with Gasteiger partial charge < -0.3 is 20.0 Å². The van der Waals surface area contributed by atoms with Gasteiger partial charge in [0.15, 0.2) is 6.61 Å². The Balaban J connectivity index is 1.86. The summed E-state index contributed by atoms with van der Waals surface area (Å²) in [7, 11) is 0. The Hall–Kier alpha value is -4.46. The molecule has 8 nitrogen and oxygen atoms in total. The summed E-state index contributed by atoms with van der Waals surface area (Å²) < 4.78 is 7.19. The van der Waals surface area contributed by atoms with Gasteiger partial charge in [-0.25, -0.2) is 9.78 Å². The first-order valence-corrected chi connectivity index (χ1v) is 11.2. The van der Waals surface area contributed by atoms with Crippen molar-refractivity contribution in [3.63, 3.8) is 0 Å². The summed E-state index contributed by atoms with van der Waals surface area (Å²) in [6, 6.07) is 18.1. The van der Waals surface area contributed by atoms with Gasteiger partial charge in [0.1, 0.15) is 5.52 Å². The molecule has 3 N–H and O–H groups in total. The van der Waals surface area contributed by atoms with E-state index in [2.05, 4.69) is 4.98 Å². The molecule has 8 heteroatoms. The van der Waals surface area contributed by atoms with Crippen molar-refractivity contribution >= 4 is 23.2 Å². The molecule has 0 unspecified atom stereocenters. The Morgan fingerprint density at radius 1 is 1.03 bits per heavy atom. The normalized spacial score (nSPS) is 10.9. The van der Waals surface area contributed by atoms with Crippen LogP contribution in [0.2, 0.25) is 0 Å². The number of nitrogens with two attached hydrogens (primary N) is 1. The number of aryl methyl sites for hydroxylation is 1. The zero-order valence-corrected chi connectivity index (χ0v) is 19.4. The predicted molar refractivity (Wildman–Crippen MR) is 131 cm³/mol. The van der Waals surface area contributed by atoms with E-state index in [1.54, 1.807) is 17.5 Å². The van der Waals surface area contributed by atoms with Gasteiger partial charge in [-0.15, -0.1) is 0 Å². The number of aliphatic carboxylic acids is 1. The number of carbonyl (C=O) groups is 3. The van der Waals surface area contributed by atoms with Crippen LogP contribution in [0, 0.1) is 6.92 Å². The number of carbonyl (C=O) groups excluding carboxylic acids is 2. The number of Topliss-reactive ketones (excluding diaryl/α,β-unsaturated/α-hetero) is 1. The molecular formula is C27H25N3O5. The van der Waals surface area contributed by atoms with Crippen molar-refractivity contribution in [1.29, 1.82) is 0 Å². The van der Waals surface area contributed by atoms with Crippen LogP contribution in [0.3, 0.4) is 0 Å². The summed E-state index contributed by atoms with van der Waals surface area (Å²) in [5, 5.41) is 9.09. The molecule has 178 valence electrons. The van der Waals surface area contributed by atoms with Crippen molar-refractivity contribution < 1.29 is 24.2 Å². The Bertz CT molecular complexity index is 1420. The molecule has 0 fully saturated rings. The van der Waals surface area contributed by atoms with Crippen LogP contribution >= 0.6 is 0 Å². The molecule has 2 aromatic carbocycles. The molecule has 0 aliphatic heterocycles. The zero-order chi connectivity index (χ0) is 25.1. The molecule has 4 rings (SSSR count). The number of aromatic nitrogens is 2. The summed E-state index contributed by atoms with van der Waals surface area (Å²) in [6.07, 6.45) is 2.66. The van der Waals surface area contributed by atoms with Crippen molar-refractivity contribution in [2.75, 3.05) is 6.61 Å².